The number of carbonyl (C=O) groups excluding carboxylic acids is 3. The molecule has 0 aliphatic carbocycles. The number of hydrogen-bond acceptors (Lipinski definition) is 4. The number of benzene rings is 2. The van der Waals surface area contributed by atoms with Crippen LogP contribution in [0.15, 0.2) is 60.7 Å². The molecule has 0 saturated heterocycles. The number of amides is 3. The Morgan fingerprint density at radius 3 is 2.30 bits per heavy atom. The average Bonchev–Trinajstić information content (AvgIpc) is 2.75. The van der Waals surface area contributed by atoms with E-state index in [2.05, 4.69) is 21.5 Å². The fraction of sp³-hybridized carbons (Fsp3) is 0.143. The van der Waals surface area contributed by atoms with E-state index < -0.39 is 11.8 Å². The van der Waals surface area contributed by atoms with Crippen molar-refractivity contribution in [2.75, 3.05) is 0 Å². The first-order valence-corrected chi connectivity index (χ1v) is 9.85. The van der Waals surface area contributed by atoms with Crippen molar-refractivity contribution in [3.05, 3.63) is 76.8 Å². The summed E-state index contributed by atoms with van der Waals surface area (Å²) in [6.45, 7) is 0.400. The zero-order chi connectivity index (χ0) is 21.8. The third-order valence-electron chi connectivity index (χ3n) is 3.78. The Kier molecular flexibility index (Phi) is 9.50. The molecule has 3 amide bonds. The minimum Gasteiger partial charge on any atom is -0.352 e. The summed E-state index contributed by atoms with van der Waals surface area (Å²) in [7, 11) is 0. The highest BCUT2D eigenvalue weighted by atomic mass is 35.5. The molecule has 0 atom stereocenters. The summed E-state index contributed by atoms with van der Waals surface area (Å²) in [5.41, 5.74) is 6.40. The number of nitrogens with one attached hydrogen (secondary N) is 4. The standard InChI is InChI=1S/C21H21ClN4O3S/c22-17-9-5-4-8-16(17)10-11-19(28)24-21(30)26-25-20(29)13-12-18(27)23-14-15-6-2-1-3-7-15/h1-11H,12-14H2,(H,23,27)(H,25,29)(H2,24,26,28,30)/b11-10+. The summed E-state index contributed by atoms with van der Waals surface area (Å²) in [5.74, 6) is -1.16. The van der Waals surface area contributed by atoms with Gasteiger partial charge in [-0.25, -0.2) is 0 Å². The van der Waals surface area contributed by atoms with Crippen molar-refractivity contribution in [2.24, 2.45) is 0 Å². The van der Waals surface area contributed by atoms with Crippen LogP contribution in [0, 0.1) is 0 Å². The van der Waals surface area contributed by atoms with Gasteiger partial charge in [-0.3, -0.25) is 30.6 Å². The molecule has 0 unspecified atom stereocenters. The lowest BCUT2D eigenvalue weighted by Crippen LogP contribution is -2.48. The van der Waals surface area contributed by atoms with Gasteiger partial charge in [-0.15, -0.1) is 0 Å². The molecule has 0 saturated carbocycles. The average molecular weight is 445 g/mol. The number of carbonyl (C=O) groups is 3. The van der Waals surface area contributed by atoms with E-state index >= 15 is 0 Å². The van der Waals surface area contributed by atoms with Gasteiger partial charge in [0.25, 0.3) is 0 Å². The molecule has 7 nitrogen and oxygen atoms in total. The molecule has 0 aliphatic rings. The van der Waals surface area contributed by atoms with Crippen molar-refractivity contribution in [3.8, 4) is 0 Å². The van der Waals surface area contributed by atoms with Gasteiger partial charge in [0.1, 0.15) is 0 Å². The lowest BCUT2D eigenvalue weighted by molar-refractivity contribution is -0.126. The Labute approximate surface area is 184 Å². The van der Waals surface area contributed by atoms with Gasteiger partial charge in [0.05, 0.1) is 0 Å². The van der Waals surface area contributed by atoms with Gasteiger partial charge in [-0.1, -0.05) is 60.1 Å². The summed E-state index contributed by atoms with van der Waals surface area (Å²) in [4.78, 5) is 35.5. The van der Waals surface area contributed by atoms with Gasteiger partial charge in [-0.05, 0) is 35.5 Å². The van der Waals surface area contributed by atoms with E-state index in [-0.39, 0.29) is 23.9 Å². The molecule has 0 heterocycles. The van der Waals surface area contributed by atoms with E-state index in [9.17, 15) is 14.4 Å². The smallest absolute Gasteiger partial charge is 0.250 e. The van der Waals surface area contributed by atoms with E-state index in [1.807, 2.05) is 30.3 Å². The Morgan fingerprint density at radius 1 is 0.900 bits per heavy atom. The van der Waals surface area contributed by atoms with Crippen LogP contribution in [0.4, 0.5) is 0 Å². The van der Waals surface area contributed by atoms with Crippen LogP contribution in [0.3, 0.4) is 0 Å². The Hall–Kier alpha value is -3.23. The van der Waals surface area contributed by atoms with Crippen molar-refractivity contribution in [3.63, 3.8) is 0 Å². The molecule has 0 aliphatic heterocycles. The van der Waals surface area contributed by atoms with Crippen molar-refractivity contribution < 1.29 is 14.4 Å². The Morgan fingerprint density at radius 2 is 1.57 bits per heavy atom. The molecule has 2 rings (SSSR count). The molecule has 156 valence electrons. The summed E-state index contributed by atoms with van der Waals surface area (Å²) in [5, 5.41) is 5.56. The van der Waals surface area contributed by atoms with E-state index in [4.69, 9.17) is 23.8 Å². The van der Waals surface area contributed by atoms with Crippen molar-refractivity contribution >= 4 is 52.7 Å². The minimum atomic E-state index is -0.484. The predicted molar refractivity (Wildman–Crippen MR) is 120 cm³/mol. The molecule has 0 aromatic heterocycles. The summed E-state index contributed by atoms with van der Waals surface area (Å²) in [6, 6.07) is 16.5. The maximum absolute atomic E-state index is 11.9. The highest BCUT2D eigenvalue weighted by molar-refractivity contribution is 7.80. The quantitative estimate of drug-likeness (QED) is 0.299. The second-order valence-corrected chi connectivity index (χ2v) is 6.92. The van der Waals surface area contributed by atoms with E-state index in [0.29, 0.717) is 17.1 Å². The van der Waals surface area contributed by atoms with Crippen LogP contribution in [0.1, 0.15) is 24.0 Å². The number of hydrogen-bond donors (Lipinski definition) is 4. The minimum absolute atomic E-state index is 0.0278. The Balaban J connectivity index is 1.62. The molecular weight excluding hydrogens is 424 g/mol. The SMILES string of the molecule is O=C(/C=C/c1ccccc1Cl)NC(=S)NNC(=O)CCC(=O)NCc1ccccc1. The third-order valence-corrected chi connectivity index (χ3v) is 4.33. The number of halogens is 1. The molecule has 2 aromatic carbocycles. The van der Waals surface area contributed by atoms with Gasteiger partial charge in [0.15, 0.2) is 5.11 Å². The lowest BCUT2D eigenvalue weighted by atomic mass is 10.2. The molecule has 4 N–H and O–H groups in total. The van der Waals surface area contributed by atoms with Gasteiger partial charge in [0.2, 0.25) is 17.7 Å². The second kappa shape index (κ2) is 12.4. The lowest BCUT2D eigenvalue weighted by Gasteiger charge is -2.10. The largest absolute Gasteiger partial charge is 0.352 e. The van der Waals surface area contributed by atoms with E-state index in [1.54, 1.807) is 30.3 Å². The molecule has 0 bridgehead atoms. The number of rotatable bonds is 7. The number of thiocarbonyl (C=S) groups is 1. The molecular formula is C21H21ClN4O3S. The van der Waals surface area contributed by atoms with E-state index in [1.165, 1.54) is 6.08 Å². The fourth-order valence-corrected chi connectivity index (χ4v) is 2.61. The topological polar surface area (TPSA) is 99.3 Å². The predicted octanol–water partition coefficient (Wildman–Crippen LogP) is 2.47. The van der Waals surface area contributed by atoms with Gasteiger partial charge in [-0.2, -0.15) is 0 Å². The molecule has 30 heavy (non-hydrogen) atoms. The summed E-state index contributed by atoms with van der Waals surface area (Å²) in [6.07, 6.45) is 2.82. The Bertz CT molecular complexity index is 935. The summed E-state index contributed by atoms with van der Waals surface area (Å²) >= 11 is 10.9. The van der Waals surface area contributed by atoms with Crippen LogP contribution in [-0.4, -0.2) is 22.8 Å². The van der Waals surface area contributed by atoms with Gasteiger partial charge >= 0.3 is 0 Å². The van der Waals surface area contributed by atoms with Crippen LogP contribution in [0.5, 0.6) is 0 Å². The first-order chi connectivity index (χ1) is 14.4. The highest BCUT2D eigenvalue weighted by Crippen LogP contribution is 2.15. The maximum atomic E-state index is 11.9. The van der Waals surface area contributed by atoms with Crippen molar-refractivity contribution in [1.82, 2.24) is 21.5 Å². The van der Waals surface area contributed by atoms with Gasteiger partial charge < -0.3 is 5.32 Å². The van der Waals surface area contributed by atoms with Crippen LogP contribution in [-0.2, 0) is 20.9 Å². The van der Waals surface area contributed by atoms with Crippen molar-refractivity contribution in [2.45, 2.75) is 19.4 Å². The van der Waals surface area contributed by atoms with Crippen molar-refractivity contribution in [1.29, 1.82) is 0 Å². The summed E-state index contributed by atoms with van der Waals surface area (Å²) < 4.78 is 0. The molecule has 0 spiro atoms. The van der Waals surface area contributed by atoms with Crippen LogP contribution >= 0.6 is 23.8 Å². The van der Waals surface area contributed by atoms with Crippen LogP contribution in [0.25, 0.3) is 6.08 Å². The zero-order valence-corrected chi connectivity index (χ0v) is 17.6. The van der Waals surface area contributed by atoms with Gasteiger partial charge in [0, 0.05) is 30.5 Å². The van der Waals surface area contributed by atoms with E-state index in [0.717, 1.165) is 5.56 Å². The monoisotopic (exact) mass is 444 g/mol. The first kappa shape index (κ1) is 23.1. The molecule has 9 heteroatoms. The molecule has 2 aromatic rings. The third kappa shape index (κ3) is 8.85. The fourth-order valence-electron chi connectivity index (χ4n) is 2.26. The first-order valence-electron chi connectivity index (χ1n) is 9.07. The molecule has 0 radical (unpaired) electrons. The zero-order valence-electron chi connectivity index (χ0n) is 16.0. The van der Waals surface area contributed by atoms with Crippen LogP contribution in [0.2, 0.25) is 5.02 Å². The second-order valence-electron chi connectivity index (χ2n) is 6.11. The number of hydrazine groups is 1. The normalized spacial score (nSPS) is 10.3. The highest BCUT2D eigenvalue weighted by Gasteiger charge is 2.08. The van der Waals surface area contributed by atoms with Crippen LogP contribution < -0.4 is 21.5 Å². The maximum Gasteiger partial charge on any atom is 0.250 e. The molecule has 0 fully saturated rings.